The van der Waals surface area contributed by atoms with Crippen LogP contribution in [-0.4, -0.2) is 64.0 Å². The molecule has 0 aliphatic carbocycles. The minimum absolute atomic E-state index is 0.247. The molecule has 2 aromatic rings. The molecule has 8 nitrogen and oxygen atoms in total. The first-order valence-corrected chi connectivity index (χ1v) is 10.7. The van der Waals surface area contributed by atoms with Gasteiger partial charge in [-0.05, 0) is 39.0 Å². The molecule has 3 rings (SSSR count). The highest BCUT2D eigenvalue weighted by molar-refractivity contribution is 7.86. The van der Waals surface area contributed by atoms with Crippen LogP contribution in [0.25, 0.3) is 11.3 Å². The van der Waals surface area contributed by atoms with Gasteiger partial charge >= 0.3 is 0 Å². The predicted molar refractivity (Wildman–Crippen MR) is 104 cm³/mol. The van der Waals surface area contributed by atoms with Gasteiger partial charge in [0.15, 0.2) is 0 Å². The van der Waals surface area contributed by atoms with Crippen LogP contribution >= 0.6 is 0 Å². The van der Waals surface area contributed by atoms with Crippen molar-refractivity contribution in [1.29, 1.82) is 0 Å². The minimum Gasteiger partial charge on any atom is -0.270 e. The number of hydrogen-bond donors (Lipinski definition) is 0. The summed E-state index contributed by atoms with van der Waals surface area (Å²) in [7, 11) is -0.213. The lowest BCUT2D eigenvalue weighted by Gasteiger charge is -2.33. The molecule has 0 amide bonds. The van der Waals surface area contributed by atoms with Crippen molar-refractivity contribution in [2.24, 2.45) is 5.92 Å². The predicted octanol–water partition coefficient (Wildman–Crippen LogP) is 1.98. The Kier molecular flexibility index (Phi) is 5.92. The molecule has 27 heavy (non-hydrogen) atoms. The quantitative estimate of drug-likeness (QED) is 0.750. The van der Waals surface area contributed by atoms with E-state index in [1.807, 2.05) is 10.9 Å². The fourth-order valence-electron chi connectivity index (χ4n) is 3.33. The van der Waals surface area contributed by atoms with Crippen molar-refractivity contribution >= 4 is 10.2 Å². The Balaban J connectivity index is 1.72. The molecule has 2 aromatic heterocycles. The Morgan fingerprint density at radius 2 is 2.04 bits per heavy atom. The third kappa shape index (κ3) is 4.53. The minimum atomic E-state index is -3.36. The fraction of sp³-hybridized carbons (Fsp3) is 0.611. The summed E-state index contributed by atoms with van der Waals surface area (Å²) in [4.78, 5) is 9.07. The van der Waals surface area contributed by atoms with Crippen LogP contribution in [0.5, 0.6) is 0 Å². The van der Waals surface area contributed by atoms with E-state index in [1.54, 1.807) is 37.0 Å². The lowest BCUT2D eigenvalue weighted by atomic mass is 9.95. The summed E-state index contributed by atoms with van der Waals surface area (Å²) < 4.78 is 29.5. The summed E-state index contributed by atoms with van der Waals surface area (Å²) in [6.45, 7) is 5.26. The number of nitrogens with zero attached hydrogens (tertiary/aromatic N) is 6. The summed E-state index contributed by atoms with van der Waals surface area (Å²) in [5.74, 6) is 0.247. The van der Waals surface area contributed by atoms with E-state index < -0.39 is 10.2 Å². The standard InChI is InChI=1S/C18H28N6O2S/c1-14(2)24-13-16(9-20-24)18-11-19-10-17(21-18)8-15-6-5-7-23(12-15)27(25,26)22(3)4/h9-11,13-15H,5-8,12H2,1-4H3/t15-/m0/s1. The number of hydrogen-bond acceptors (Lipinski definition) is 5. The highest BCUT2D eigenvalue weighted by Gasteiger charge is 2.30. The molecule has 3 heterocycles. The Labute approximate surface area is 161 Å². The molecule has 1 atom stereocenters. The van der Waals surface area contributed by atoms with Crippen LogP contribution in [0.1, 0.15) is 38.4 Å². The van der Waals surface area contributed by atoms with Gasteiger partial charge < -0.3 is 0 Å². The molecular formula is C18H28N6O2S. The van der Waals surface area contributed by atoms with Crippen molar-refractivity contribution in [3.05, 3.63) is 30.5 Å². The molecule has 1 aliphatic heterocycles. The van der Waals surface area contributed by atoms with E-state index in [9.17, 15) is 8.42 Å². The molecular weight excluding hydrogens is 364 g/mol. The Bertz CT molecular complexity index is 877. The second-order valence-corrected chi connectivity index (χ2v) is 9.70. The lowest BCUT2D eigenvalue weighted by Crippen LogP contribution is -2.45. The second kappa shape index (κ2) is 8.04. The molecule has 0 unspecified atom stereocenters. The average Bonchev–Trinajstić information content (AvgIpc) is 3.12. The van der Waals surface area contributed by atoms with Crippen LogP contribution in [0.2, 0.25) is 0 Å². The molecule has 148 valence electrons. The van der Waals surface area contributed by atoms with E-state index in [0.29, 0.717) is 19.1 Å². The van der Waals surface area contributed by atoms with Crippen molar-refractivity contribution < 1.29 is 8.42 Å². The molecule has 0 radical (unpaired) electrons. The third-order valence-corrected chi connectivity index (χ3v) is 6.79. The summed E-state index contributed by atoms with van der Waals surface area (Å²) in [6.07, 6.45) is 9.89. The molecule has 0 saturated carbocycles. The summed E-state index contributed by atoms with van der Waals surface area (Å²) in [5, 5.41) is 4.36. The zero-order chi connectivity index (χ0) is 19.6. The summed E-state index contributed by atoms with van der Waals surface area (Å²) in [6, 6.07) is 0.293. The van der Waals surface area contributed by atoms with Gasteiger partial charge in [0.2, 0.25) is 0 Å². The van der Waals surface area contributed by atoms with Crippen LogP contribution in [0, 0.1) is 5.92 Å². The molecule has 0 aromatic carbocycles. The van der Waals surface area contributed by atoms with Crippen molar-refractivity contribution in [2.75, 3.05) is 27.2 Å². The number of rotatable bonds is 6. The van der Waals surface area contributed by atoms with Gasteiger partial charge in [0, 0.05) is 51.2 Å². The average molecular weight is 393 g/mol. The maximum absolute atomic E-state index is 12.4. The smallest absolute Gasteiger partial charge is 0.270 e. The third-order valence-electron chi connectivity index (χ3n) is 4.88. The van der Waals surface area contributed by atoms with Crippen molar-refractivity contribution in [1.82, 2.24) is 28.4 Å². The van der Waals surface area contributed by atoms with E-state index in [1.165, 1.54) is 4.31 Å². The molecule has 0 spiro atoms. The molecule has 0 N–H and O–H groups in total. The number of piperidine rings is 1. The van der Waals surface area contributed by atoms with Gasteiger partial charge in [-0.2, -0.15) is 22.1 Å². The van der Waals surface area contributed by atoms with Crippen LogP contribution in [-0.2, 0) is 16.6 Å². The first-order chi connectivity index (χ1) is 12.8. The molecule has 1 saturated heterocycles. The van der Waals surface area contributed by atoms with Gasteiger partial charge in [-0.1, -0.05) is 0 Å². The Hall–Kier alpha value is -1.84. The van der Waals surface area contributed by atoms with Gasteiger partial charge in [-0.25, -0.2) is 4.98 Å². The first-order valence-electron chi connectivity index (χ1n) is 9.30. The van der Waals surface area contributed by atoms with E-state index in [4.69, 9.17) is 4.98 Å². The van der Waals surface area contributed by atoms with E-state index in [-0.39, 0.29) is 5.92 Å². The monoisotopic (exact) mass is 392 g/mol. The van der Waals surface area contributed by atoms with Gasteiger partial charge in [-0.15, -0.1) is 0 Å². The van der Waals surface area contributed by atoms with E-state index in [0.717, 1.165) is 36.2 Å². The van der Waals surface area contributed by atoms with Crippen LogP contribution in [0.4, 0.5) is 0 Å². The molecule has 9 heteroatoms. The van der Waals surface area contributed by atoms with E-state index in [2.05, 4.69) is 23.9 Å². The van der Waals surface area contributed by atoms with Gasteiger partial charge in [-0.3, -0.25) is 9.67 Å². The Morgan fingerprint density at radius 1 is 1.26 bits per heavy atom. The topological polar surface area (TPSA) is 84.2 Å². The molecule has 1 aliphatic rings. The lowest BCUT2D eigenvalue weighted by molar-refractivity contribution is 0.253. The zero-order valence-corrected chi connectivity index (χ0v) is 17.2. The SMILES string of the molecule is CC(C)n1cc(-c2cncc(C[C@@H]3CCCN(S(=O)(=O)N(C)C)C3)n2)cn1. The van der Waals surface area contributed by atoms with Crippen molar-refractivity contribution in [3.8, 4) is 11.3 Å². The van der Waals surface area contributed by atoms with Crippen molar-refractivity contribution in [3.63, 3.8) is 0 Å². The number of aromatic nitrogens is 4. The van der Waals surface area contributed by atoms with E-state index >= 15 is 0 Å². The normalized spacial score (nSPS) is 19.1. The molecule has 0 bridgehead atoms. The molecule has 1 fully saturated rings. The Morgan fingerprint density at radius 3 is 2.70 bits per heavy atom. The maximum atomic E-state index is 12.4. The van der Waals surface area contributed by atoms with Crippen LogP contribution in [0.3, 0.4) is 0 Å². The van der Waals surface area contributed by atoms with Gasteiger partial charge in [0.25, 0.3) is 10.2 Å². The largest absolute Gasteiger partial charge is 0.281 e. The highest BCUT2D eigenvalue weighted by Crippen LogP contribution is 2.24. The maximum Gasteiger partial charge on any atom is 0.281 e. The van der Waals surface area contributed by atoms with Gasteiger partial charge in [0.1, 0.15) is 0 Å². The second-order valence-electron chi connectivity index (χ2n) is 7.56. The fourth-order valence-corrected chi connectivity index (χ4v) is 4.55. The first kappa shape index (κ1) is 19.9. The zero-order valence-electron chi connectivity index (χ0n) is 16.4. The highest BCUT2D eigenvalue weighted by atomic mass is 32.2. The van der Waals surface area contributed by atoms with Crippen LogP contribution in [0.15, 0.2) is 24.8 Å². The van der Waals surface area contributed by atoms with Crippen molar-refractivity contribution in [2.45, 2.75) is 39.2 Å². The summed E-state index contributed by atoms with van der Waals surface area (Å²) >= 11 is 0. The summed E-state index contributed by atoms with van der Waals surface area (Å²) in [5.41, 5.74) is 2.63. The van der Waals surface area contributed by atoms with Gasteiger partial charge in [0.05, 0.1) is 23.8 Å². The van der Waals surface area contributed by atoms with Crippen LogP contribution < -0.4 is 0 Å².